The lowest BCUT2D eigenvalue weighted by molar-refractivity contribution is -0.142. The summed E-state index contributed by atoms with van der Waals surface area (Å²) in [6, 6.07) is 1.81. The summed E-state index contributed by atoms with van der Waals surface area (Å²) < 4.78 is 5.06. The van der Waals surface area contributed by atoms with Crippen molar-refractivity contribution in [3.05, 3.63) is 0 Å². The molecule has 1 rings (SSSR count). The van der Waals surface area contributed by atoms with Gasteiger partial charge < -0.3 is 4.74 Å². The van der Waals surface area contributed by atoms with Gasteiger partial charge in [-0.25, -0.2) is 0 Å². The topological polar surface area (TPSA) is 50.1 Å². The number of hydrogen-bond donors (Lipinski definition) is 0. The Bertz CT molecular complexity index is 270. The summed E-state index contributed by atoms with van der Waals surface area (Å²) in [4.78, 5) is 11.1. The monoisotopic (exact) mass is 237 g/mol. The highest BCUT2D eigenvalue weighted by molar-refractivity contribution is 5.71. The van der Waals surface area contributed by atoms with Crippen LogP contribution in [0.25, 0.3) is 0 Å². The second-order valence-corrected chi connectivity index (χ2v) is 4.91. The molecule has 1 aliphatic rings. The molecule has 2 atom stereocenters. The van der Waals surface area contributed by atoms with Crippen LogP contribution in [-0.4, -0.2) is 12.6 Å². The quantitative estimate of drug-likeness (QED) is 0.543. The normalized spacial score (nSPS) is 24.7. The molecule has 0 saturated heterocycles. The molecule has 0 bridgehead atoms. The van der Waals surface area contributed by atoms with E-state index in [4.69, 9.17) is 10.00 Å². The van der Waals surface area contributed by atoms with Crippen molar-refractivity contribution >= 4 is 5.97 Å². The van der Waals surface area contributed by atoms with Gasteiger partial charge in [0, 0.05) is 0 Å². The summed E-state index contributed by atoms with van der Waals surface area (Å²) in [6.07, 6.45) is 8.69. The van der Waals surface area contributed by atoms with Crippen LogP contribution in [0.5, 0.6) is 0 Å². The van der Waals surface area contributed by atoms with Gasteiger partial charge in [0.1, 0.15) is 6.42 Å². The maximum Gasteiger partial charge on any atom is 0.320 e. The van der Waals surface area contributed by atoms with Crippen LogP contribution in [0.15, 0.2) is 0 Å². The van der Waals surface area contributed by atoms with Crippen LogP contribution in [0, 0.1) is 23.2 Å². The first kappa shape index (κ1) is 14.0. The summed E-state index contributed by atoms with van der Waals surface area (Å²) in [6.45, 7) is 2.74. The molecule has 96 valence electrons. The molecule has 2 unspecified atom stereocenters. The lowest BCUT2D eigenvalue weighted by atomic mass is 9.84. The van der Waals surface area contributed by atoms with E-state index < -0.39 is 0 Å². The third-order valence-corrected chi connectivity index (χ3v) is 3.82. The molecule has 1 saturated carbocycles. The summed E-state index contributed by atoms with van der Waals surface area (Å²) in [5, 5.41) is 8.35. The van der Waals surface area contributed by atoms with Gasteiger partial charge in [-0.05, 0) is 18.3 Å². The van der Waals surface area contributed by atoms with Crippen LogP contribution in [0.1, 0.15) is 58.3 Å². The Balaban J connectivity index is 2.28. The maximum atomic E-state index is 11.1. The smallest absolute Gasteiger partial charge is 0.320 e. The predicted octanol–water partition coefficient (Wildman–Crippen LogP) is 3.44. The zero-order valence-corrected chi connectivity index (χ0v) is 10.8. The molecule has 0 aromatic carbocycles. The van der Waals surface area contributed by atoms with Crippen LogP contribution in [0.2, 0.25) is 0 Å². The van der Waals surface area contributed by atoms with Crippen molar-refractivity contribution < 1.29 is 9.53 Å². The Hall–Kier alpha value is -1.04. The standard InChI is InChI=1S/C14H23NO2/c1-2-12-6-4-3-5-7-13(12)9-11-17-14(16)8-10-15/h12-13H,2-9,11H2,1H3. The fraction of sp³-hybridized carbons (Fsp3) is 0.857. The number of rotatable bonds is 5. The average molecular weight is 237 g/mol. The Kier molecular flexibility index (Phi) is 6.69. The number of carbonyl (C=O) groups excluding carboxylic acids is 1. The van der Waals surface area contributed by atoms with E-state index in [0.29, 0.717) is 12.5 Å². The fourth-order valence-corrected chi connectivity index (χ4v) is 2.82. The molecule has 0 heterocycles. The molecular weight excluding hydrogens is 214 g/mol. The lowest BCUT2D eigenvalue weighted by Gasteiger charge is -2.23. The van der Waals surface area contributed by atoms with Gasteiger partial charge in [0.05, 0.1) is 12.7 Å². The van der Waals surface area contributed by atoms with Gasteiger partial charge in [-0.1, -0.05) is 45.4 Å². The first-order valence-corrected chi connectivity index (χ1v) is 6.80. The minimum atomic E-state index is -0.380. The van der Waals surface area contributed by atoms with Gasteiger partial charge >= 0.3 is 5.97 Å². The summed E-state index contributed by atoms with van der Waals surface area (Å²) >= 11 is 0. The van der Waals surface area contributed by atoms with Crippen LogP contribution < -0.4 is 0 Å². The number of esters is 1. The van der Waals surface area contributed by atoms with Crippen molar-refractivity contribution in [3.8, 4) is 6.07 Å². The highest BCUT2D eigenvalue weighted by atomic mass is 16.5. The zero-order chi connectivity index (χ0) is 12.5. The van der Waals surface area contributed by atoms with Crippen molar-refractivity contribution in [1.82, 2.24) is 0 Å². The van der Waals surface area contributed by atoms with Gasteiger partial charge in [-0.3, -0.25) is 4.79 Å². The van der Waals surface area contributed by atoms with Gasteiger partial charge in [-0.2, -0.15) is 5.26 Å². The number of nitrogens with zero attached hydrogens (tertiary/aromatic N) is 1. The van der Waals surface area contributed by atoms with E-state index in [1.165, 1.54) is 38.5 Å². The zero-order valence-electron chi connectivity index (χ0n) is 10.8. The third kappa shape index (κ3) is 5.21. The molecule has 0 aromatic rings. The lowest BCUT2D eigenvalue weighted by Crippen LogP contribution is -2.16. The average Bonchev–Trinajstić information content (AvgIpc) is 2.54. The molecule has 0 N–H and O–H groups in total. The molecule has 0 aromatic heterocycles. The highest BCUT2D eigenvalue weighted by Gasteiger charge is 2.22. The van der Waals surface area contributed by atoms with Crippen LogP contribution >= 0.6 is 0 Å². The van der Waals surface area contributed by atoms with Crippen molar-refractivity contribution in [3.63, 3.8) is 0 Å². The minimum absolute atomic E-state index is 0.123. The van der Waals surface area contributed by atoms with Crippen molar-refractivity contribution in [2.75, 3.05) is 6.61 Å². The van der Waals surface area contributed by atoms with Crippen molar-refractivity contribution in [2.45, 2.75) is 58.3 Å². The number of carbonyl (C=O) groups is 1. The van der Waals surface area contributed by atoms with Crippen molar-refractivity contribution in [2.24, 2.45) is 11.8 Å². The minimum Gasteiger partial charge on any atom is -0.465 e. The maximum absolute atomic E-state index is 11.1. The molecular formula is C14H23NO2. The van der Waals surface area contributed by atoms with Crippen LogP contribution in [0.3, 0.4) is 0 Å². The summed E-state index contributed by atoms with van der Waals surface area (Å²) in [5.74, 6) is 1.12. The van der Waals surface area contributed by atoms with Gasteiger partial charge in [0.2, 0.25) is 0 Å². The predicted molar refractivity (Wildman–Crippen MR) is 66.2 cm³/mol. The van der Waals surface area contributed by atoms with E-state index in [0.717, 1.165) is 12.3 Å². The van der Waals surface area contributed by atoms with E-state index in [-0.39, 0.29) is 12.4 Å². The second kappa shape index (κ2) is 8.11. The van der Waals surface area contributed by atoms with E-state index >= 15 is 0 Å². The van der Waals surface area contributed by atoms with Gasteiger partial charge in [0.15, 0.2) is 0 Å². The fourth-order valence-electron chi connectivity index (χ4n) is 2.82. The molecule has 0 radical (unpaired) electrons. The summed E-state index contributed by atoms with van der Waals surface area (Å²) in [7, 11) is 0. The molecule has 0 aliphatic heterocycles. The van der Waals surface area contributed by atoms with Gasteiger partial charge in [0.25, 0.3) is 0 Å². The van der Waals surface area contributed by atoms with E-state index in [9.17, 15) is 4.79 Å². The SMILES string of the molecule is CCC1CCCCCC1CCOC(=O)CC#N. The van der Waals surface area contributed by atoms with Crippen LogP contribution in [0.4, 0.5) is 0 Å². The Labute approximate surface area is 104 Å². The molecule has 3 heteroatoms. The van der Waals surface area contributed by atoms with E-state index in [1.54, 1.807) is 0 Å². The first-order chi connectivity index (χ1) is 8.27. The highest BCUT2D eigenvalue weighted by Crippen LogP contribution is 2.33. The Morgan fingerprint density at radius 3 is 2.65 bits per heavy atom. The molecule has 1 fully saturated rings. The Morgan fingerprint density at radius 1 is 1.29 bits per heavy atom. The Morgan fingerprint density at radius 2 is 2.00 bits per heavy atom. The molecule has 1 aliphatic carbocycles. The number of ether oxygens (including phenoxy) is 1. The van der Waals surface area contributed by atoms with Crippen LogP contribution in [-0.2, 0) is 9.53 Å². The van der Waals surface area contributed by atoms with E-state index in [1.807, 2.05) is 6.07 Å². The first-order valence-electron chi connectivity index (χ1n) is 6.80. The third-order valence-electron chi connectivity index (χ3n) is 3.82. The molecule has 0 spiro atoms. The molecule has 0 amide bonds. The second-order valence-electron chi connectivity index (χ2n) is 4.91. The molecule has 17 heavy (non-hydrogen) atoms. The van der Waals surface area contributed by atoms with Crippen molar-refractivity contribution in [1.29, 1.82) is 5.26 Å². The van der Waals surface area contributed by atoms with Gasteiger partial charge in [-0.15, -0.1) is 0 Å². The largest absolute Gasteiger partial charge is 0.465 e. The summed E-state index contributed by atoms with van der Waals surface area (Å²) in [5.41, 5.74) is 0. The number of hydrogen-bond acceptors (Lipinski definition) is 3. The molecule has 3 nitrogen and oxygen atoms in total. The number of nitriles is 1. The van der Waals surface area contributed by atoms with E-state index in [2.05, 4.69) is 6.92 Å².